The molecule has 0 aromatic heterocycles. The Morgan fingerprint density at radius 3 is 2.29 bits per heavy atom. The van der Waals surface area contributed by atoms with Gasteiger partial charge in [-0.15, -0.1) is 0 Å². The van der Waals surface area contributed by atoms with E-state index in [9.17, 15) is 4.79 Å². The molecule has 21 heavy (non-hydrogen) atoms. The van der Waals surface area contributed by atoms with Crippen LogP contribution in [0.25, 0.3) is 0 Å². The van der Waals surface area contributed by atoms with E-state index in [1.807, 2.05) is 0 Å². The summed E-state index contributed by atoms with van der Waals surface area (Å²) in [7, 11) is 2.09. The third-order valence-corrected chi connectivity index (χ3v) is 4.79. The molecular weight excluding hydrogens is 262 g/mol. The molecule has 0 aromatic rings. The van der Waals surface area contributed by atoms with Gasteiger partial charge in [-0.3, -0.25) is 9.69 Å². The Bertz CT molecular complexity index is 288. The number of amides is 1. The summed E-state index contributed by atoms with van der Waals surface area (Å²) in [6.45, 7) is 7.48. The average Bonchev–Trinajstić information content (AvgIpc) is 2.95. The lowest BCUT2D eigenvalue weighted by molar-refractivity contribution is -0.133. The van der Waals surface area contributed by atoms with Gasteiger partial charge in [0.15, 0.2) is 0 Å². The molecule has 1 aliphatic carbocycles. The normalized spacial score (nSPS) is 22.0. The van der Waals surface area contributed by atoms with Gasteiger partial charge in [0.2, 0.25) is 5.91 Å². The highest BCUT2D eigenvalue weighted by Gasteiger charge is 2.30. The van der Waals surface area contributed by atoms with Crippen molar-refractivity contribution >= 4 is 5.91 Å². The summed E-state index contributed by atoms with van der Waals surface area (Å²) in [5.41, 5.74) is 5.86. The molecule has 0 aromatic carbocycles. The first-order valence-electron chi connectivity index (χ1n) is 8.82. The van der Waals surface area contributed by atoms with Gasteiger partial charge < -0.3 is 10.6 Å². The molecule has 4 nitrogen and oxygen atoms in total. The van der Waals surface area contributed by atoms with Gasteiger partial charge in [-0.1, -0.05) is 33.1 Å². The van der Waals surface area contributed by atoms with E-state index in [0.717, 1.165) is 45.3 Å². The van der Waals surface area contributed by atoms with Gasteiger partial charge in [-0.25, -0.2) is 0 Å². The molecule has 0 bridgehead atoms. The van der Waals surface area contributed by atoms with Crippen molar-refractivity contribution in [2.24, 2.45) is 11.7 Å². The van der Waals surface area contributed by atoms with Gasteiger partial charge >= 0.3 is 0 Å². The Morgan fingerprint density at radius 2 is 1.76 bits per heavy atom. The predicted octanol–water partition coefficient (Wildman–Crippen LogP) is 2.47. The second kappa shape index (κ2) is 10.2. The number of carbonyl (C=O) groups is 1. The molecular formula is C17H35N3O. The number of carbonyl (C=O) groups excluding carboxylic acids is 1. The third-order valence-electron chi connectivity index (χ3n) is 4.79. The van der Waals surface area contributed by atoms with Crippen LogP contribution in [-0.2, 0) is 4.79 Å². The lowest BCUT2D eigenvalue weighted by Gasteiger charge is -2.31. The van der Waals surface area contributed by atoms with Gasteiger partial charge in [0, 0.05) is 19.1 Å². The maximum Gasteiger partial charge on any atom is 0.236 e. The van der Waals surface area contributed by atoms with E-state index in [1.165, 1.54) is 19.3 Å². The van der Waals surface area contributed by atoms with Crippen LogP contribution in [0.5, 0.6) is 0 Å². The lowest BCUT2D eigenvalue weighted by atomic mass is 10.0. The molecule has 2 atom stereocenters. The minimum absolute atomic E-state index is 0.294. The van der Waals surface area contributed by atoms with Gasteiger partial charge in [0.1, 0.15) is 0 Å². The van der Waals surface area contributed by atoms with Crippen molar-refractivity contribution in [3.8, 4) is 0 Å². The van der Waals surface area contributed by atoms with Crippen molar-refractivity contribution in [2.75, 3.05) is 33.2 Å². The Hall–Kier alpha value is -0.610. The number of nitrogens with two attached hydrogens (primary N) is 1. The van der Waals surface area contributed by atoms with Crippen molar-refractivity contribution in [3.63, 3.8) is 0 Å². The predicted molar refractivity (Wildman–Crippen MR) is 89.2 cm³/mol. The van der Waals surface area contributed by atoms with Crippen LogP contribution in [0, 0.1) is 5.92 Å². The molecule has 2 unspecified atom stereocenters. The molecule has 1 amide bonds. The maximum atomic E-state index is 12.6. The highest BCUT2D eigenvalue weighted by atomic mass is 16.2. The van der Waals surface area contributed by atoms with Crippen LogP contribution in [0.2, 0.25) is 0 Å². The van der Waals surface area contributed by atoms with Gasteiger partial charge in [0.25, 0.3) is 0 Å². The molecule has 0 radical (unpaired) electrons. The number of rotatable bonds is 10. The number of nitrogens with zero attached hydrogens (tertiary/aromatic N) is 2. The zero-order valence-corrected chi connectivity index (χ0v) is 14.3. The zero-order chi connectivity index (χ0) is 15.7. The van der Waals surface area contributed by atoms with Gasteiger partial charge in [-0.2, -0.15) is 0 Å². The molecule has 0 heterocycles. The quantitative estimate of drug-likeness (QED) is 0.674. The molecule has 124 valence electrons. The first kappa shape index (κ1) is 18.4. The number of unbranched alkanes of at least 4 members (excludes halogenated alkanes) is 2. The average molecular weight is 297 g/mol. The van der Waals surface area contributed by atoms with E-state index >= 15 is 0 Å². The van der Waals surface area contributed by atoms with Crippen LogP contribution in [0.15, 0.2) is 0 Å². The highest BCUT2D eigenvalue weighted by Crippen LogP contribution is 2.28. The molecule has 1 rings (SSSR count). The number of likely N-dealkylation sites (N-methyl/N-ethyl adjacent to an activating group) is 1. The van der Waals surface area contributed by atoms with Crippen LogP contribution in [0.1, 0.15) is 58.8 Å². The van der Waals surface area contributed by atoms with Crippen LogP contribution in [0.3, 0.4) is 0 Å². The molecule has 0 spiro atoms. The van der Waals surface area contributed by atoms with Crippen molar-refractivity contribution in [1.29, 1.82) is 0 Å². The third kappa shape index (κ3) is 5.95. The maximum absolute atomic E-state index is 12.6. The second-order valence-electron chi connectivity index (χ2n) is 6.50. The van der Waals surface area contributed by atoms with Gasteiger partial charge in [-0.05, 0) is 45.2 Å². The summed E-state index contributed by atoms with van der Waals surface area (Å²) in [5.74, 6) is 0.865. The lowest BCUT2D eigenvalue weighted by Crippen LogP contribution is -2.45. The molecule has 0 saturated heterocycles. The second-order valence-corrected chi connectivity index (χ2v) is 6.50. The SMILES string of the molecule is CCCCN(CCCC)C(=O)CN(C)C1CCCC1CN. The Kier molecular flexibility index (Phi) is 8.93. The van der Waals surface area contributed by atoms with Crippen LogP contribution >= 0.6 is 0 Å². The summed E-state index contributed by atoms with van der Waals surface area (Å²) < 4.78 is 0. The number of hydrogen-bond acceptors (Lipinski definition) is 3. The Balaban J connectivity index is 2.49. The molecule has 4 heteroatoms. The van der Waals surface area contributed by atoms with E-state index in [-0.39, 0.29) is 0 Å². The van der Waals surface area contributed by atoms with Crippen molar-refractivity contribution in [1.82, 2.24) is 9.80 Å². The van der Waals surface area contributed by atoms with E-state index in [1.54, 1.807) is 0 Å². The molecule has 1 saturated carbocycles. The Labute approximate surface area is 131 Å². The summed E-state index contributed by atoms with van der Waals surface area (Å²) in [6.07, 6.45) is 8.15. The van der Waals surface area contributed by atoms with Gasteiger partial charge in [0.05, 0.1) is 6.54 Å². The fourth-order valence-corrected chi connectivity index (χ4v) is 3.36. The summed E-state index contributed by atoms with van der Waals surface area (Å²) in [6, 6.07) is 0.498. The first-order chi connectivity index (χ1) is 10.1. The molecule has 0 aliphatic heterocycles. The summed E-state index contributed by atoms with van der Waals surface area (Å²) in [4.78, 5) is 16.9. The minimum atomic E-state index is 0.294. The van der Waals surface area contributed by atoms with Crippen molar-refractivity contribution in [2.45, 2.75) is 64.8 Å². The van der Waals surface area contributed by atoms with Crippen molar-refractivity contribution in [3.05, 3.63) is 0 Å². The molecule has 1 fully saturated rings. The summed E-state index contributed by atoms with van der Waals surface area (Å²) in [5, 5.41) is 0. The minimum Gasteiger partial charge on any atom is -0.342 e. The van der Waals surface area contributed by atoms with E-state index in [0.29, 0.717) is 24.4 Å². The van der Waals surface area contributed by atoms with E-state index < -0.39 is 0 Å². The highest BCUT2D eigenvalue weighted by molar-refractivity contribution is 5.78. The fraction of sp³-hybridized carbons (Fsp3) is 0.941. The fourth-order valence-electron chi connectivity index (χ4n) is 3.36. The molecule has 1 aliphatic rings. The smallest absolute Gasteiger partial charge is 0.236 e. The summed E-state index contributed by atoms with van der Waals surface area (Å²) >= 11 is 0. The van der Waals surface area contributed by atoms with Crippen molar-refractivity contribution < 1.29 is 4.79 Å². The van der Waals surface area contributed by atoms with Crippen LogP contribution in [-0.4, -0.2) is 55.0 Å². The largest absolute Gasteiger partial charge is 0.342 e. The Morgan fingerprint density at radius 1 is 1.14 bits per heavy atom. The van der Waals surface area contributed by atoms with E-state index in [4.69, 9.17) is 5.73 Å². The number of hydrogen-bond donors (Lipinski definition) is 1. The standard InChI is InChI=1S/C17H35N3O/c1-4-6-11-20(12-7-5-2)17(21)14-19(3)16-10-8-9-15(16)13-18/h15-16H,4-14,18H2,1-3H3. The van der Waals surface area contributed by atoms with Crippen LogP contribution < -0.4 is 5.73 Å². The monoisotopic (exact) mass is 297 g/mol. The first-order valence-corrected chi connectivity index (χ1v) is 8.82. The van der Waals surface area contributed by atoms with Crippen LogP contribution in [0.4, 0.5) is 0 Å². The van der Waals surface area contributed by atoms with E-state index in [2.05, 4.69) is 30.7 Å². The molecule has 2 N–H and O–H groups in total. The topological polar surface area (TPSA) is 49.6 Å². The zero-order valence-electron chi connectivity index (χ0n) is 14.3.